The third-order valence-corrected chi connectivity index (χ3v) is 9.91. The number of aliphatic hydroxyl groups is 15. The fourth-order valence-electron chi connectivity index (χ4n) is 6.64. The Morgan fingerprint density at radius 2 is 0.925 bits per heavy atom. The summed E-state index contributed by atoms with van der Waals surface area (Å²) in [5, 5.41) is 156. The highest BCUT2D eigenvalue weighted by atomic mass is 16.8. The Morgan fingerprint density at radius 1 is 0.415 bits per heavy atom. The first-order valence-electron chi connectivity index (χ1n) is 16.9. The number of hydrogen-bond donors (Lipinski definition) is 15. The number of ether oxygens (including phenoxy) is 9. The van der Waals surface area contributed by atoms with Gasteiger partial charge >= 0.3 is 0 Å². The molecule has 5 fully saturated rings. The molecule has 0 aliphatic carbocycles. The van der Waals surface area contributed by atoms with Gasteiger partial charge in [0.25, 0.3) is 0 Å². The average Bonchev–Trinajstić information content (AvgIpc) is 3.14. The summed E-state index contributed by atoms with van der Waals surface area (Å²) in [6, 6.07) is 0. The lowest BCUT2D eigenvalue weighted by atomic mass is 9.95. The zero-order chi connectivity index (χ0) is 39.0. The molecule has 0 aromatic heterocycles. The van der Waals surface area contributed by atoms with Crippen molar-refractivity contribution >= 4 is 0 Å². The van der Waals surface area contributed by atoms with Crippen LogP contribution in [0.15, 0.2) is 0 Å². The zero-order valence-corrected chi connectivity index (χ0v) is 28.1. The number of rotatable bonds is 11. The van der Waals surface area contributed by atoms with E-state index >= 15 is 0 Å². The minimum atomic E-state index is -2.05. The predicted molar refractivity (Wildman–Crippen MR) is 159 cm³/mol. The molecule has 310 valence electrons. The topological polar surface area (TPSA) is 387 Å². The van der Waals surface area contributed by atoms with E-state index in [0.717, 1.165) is 0 Å². The van der Waals surface area contributed by atoms with Crippen LogP contribution in [0.4, 0.5) is 0 Å². The fourth-order valence-corrected chi connectivity index (χ4v) is 6.64. The molecule has 5 rings (SSSR count). The van der Waals surface area contributed by atoms with Crippen LogP contribution in [0.3, 0.4) is 0 Å². The van der Waals surface area contributed by atoms with Gasteiger partial charge in [-0.25, -0.2) is 0 Å². The van der Waals surface area contributed by atoms with Gasteiger partial charge in [-0.1, -0.05) is 0 Å². The molecule has 1 unspecified atom stereocenters. The molecule has 5 saturated heterocycles. The highest BCUT2D eigenvalue weighted by Gasteiger charge is 2.56. The summed E-state index contributed by atoms with van der Waals surface area (Å²) >= 11 is 0. The summed E-state index contributed by atoms with van der Waals surface area (Å²) in [5.74, 6) is 0. The molecule has 53 heavy (non-hydrogen) atoms. The van der Waals surface area contributed by atoms with Crippen molar-refractivity contribution in [3.63, 3.8) is 0 Å². The van der Waals surface area contributed by atoms with Crippen molar-refractivity contribution in [2.45, 2.75) is 154 Å². The summed E-state index contributed by atoms with van der Waals surface area (Å²) < 4.78 is 50.3. The third kappa shape index (κ3) is 8.81. The second kappa shape index (κ2) is 18.1. The SMILES string of the molecule is C[C@@H]1O[C@@H](O[C@@H]2CO[C@@H](O[C@H]3[C@H](O[C@@H]4[C@H](O)[C@@H](O)C(O)O[C@@H]4CO)O[C@H](CO)[C@@H](O)[C@@H]3O[C@@H]3O[C@H](CO)[C@@H](O)[C@H](O)[C@H]3O)[C@H](O)[C@H]2O)[C@H](O)[C@H](O)[C@H]1O. The molecule has 24 heteroatoms. The van der Waals surface area contributed by atoms with E-state index < -0.39 is 174 Å². The first kappa shape index (κ1) is 43.2. The van der Waals surface area contributed by atoms with Crippen LogP contribution in [-0.4, -0.2) is 250 Å². The van der Waals surface area contributed by atoms with E-state index in [9.17, 15) is 76.6 Å². The zero-order valence-electron chi connectivity index (χ0n) is 28.1. The second-order valence-corrected chi connectivity index (χ2v) is 13.5. The van der Waals surface area contributed by atoms with Crippen LogP contribution in [-0.2, 0) is 42.6 Å². The minimum Gasteiger partial charge on any atom is -0.394 e. The van der Waals surface area contributed by atoms with Gasteiger partial charge in [-0.2, -0.15) is 0 Å². The minimum absolute atomic E-state index is 0.604. The van der Waals surface area contributed by atoms with Crippen molar-refractivity contribution < 1.29 is 119 Å². The molecule has 24 atom stereocenters. The molecule has 0 amide bonds. The van der Waals surface area contributed by atoms with Crippen LogP contribution >= 0.6 is 0 Å². The van der Waals surface area contributed by atoms with Gasteiger partial charge in [0.1, 0.15) is 110 Å². The molecule has 0 aromatic rings. The first-order valence-corrected chi connectivity index (χ1v) is 16.9. The Balaban J connectivity index is 1.41. The van der Waals surface area contributed by atoms with E-state index in [1.807, 2.05) is 0 Å². The van der Waals surface area contributed by atoms with Gasteiger partial charge in [0.2, 0.25) is 0 Å². The molecule has 0 spiro atoms. The maximum Gasteiger partial charge on any atom is 0.187 e. The molecular weight excluding hydrogens is 732 g/mol. The van der Waals surface area contributed by atoms with E-state index in [1.54, 1.807) is 0 Å². The quantitative estimate of drug-likeness (QED) is 0.0925. The number of hydrogen-bond acceptors (Lipinski definition) is 24. The molecule has 0 radical (unpaired) electrons. The van der Waals surface area contributed by atoms with E-state index in [2.05, 4.69) is 0 Å². The van der Waals surface area contributed by atoms with Crippen molar-refractivity contribution in [3.05, 3.63) is 0 Å². The lowest BCUT2D eigenvalue weighted by Gasteiger charge is -2.50. The van der Waals surface area contributed by atoms with Crippen molar-refractivity contribution in [2.75, 3.05) is 26.4 Å². The fraction of sp³-hybridized carbons (Fsp3) is 1.00. The molecule has 5 heterocycles. The van der Waals surface area contributed by atoms with Gasteiger partial charge in [0.15, 0.2) is 31.5 Å². The van der Waals surface area contributed by atoms with Crippen LogP contribution < -0.4 is 0 Å². The van der Waals surface area contributed by atoms with E-state index in [0.29, 0.717) is 0 Å². The Kier molecular flexibility index (Phi) is 14.7. The summed E-state index contributed by atoms with van der Waals surface area (Å²) in [5.41, 5.74) is 0. The summed E-state index contributed by atoms with van der Waals surface area (Å²) in [6.07, 6.45) is -42.6. The lowest BCUT2D eigenvalue weighted by Crippen LogP contribution is -2.68. The predicted octanol–water partition coefficient (Wildman–Crippen LogP) is -10.3. The Bertz CT molecular complexity index is 1140. The van der Waals surface area contributed by atoms with Crippen LogP contribution in [0.25, 0.3) is 0 Å². The average molecular weight is 783 g/mol. The molecule has 0 aromatic carbocycles. The van der Waals surface area contributed by atoms with E-state index in [1.165, 1.54) is 6.92 Å². The van der Waals surface area contributed by atoms with Gasteiger partial charge < -0.3 is 119 Å². The lowest BCUT2D eigenvalue weighted by molar-refractivity contribution is -0.404. The maximum atomic E-state index is 11.3. The number of aliphatic hydroxyl groups excluding tert-OH is 15. The second-order valence-electron chi connectivity index (χ2n) is 13.5. The van der Waals surface area contributed by atoms with E-state index in [-0.39, 0.29) is 0 Å². The molecule has 15 N–H and O–H groups in total. The Labute approximate surface area is 300 Å². The molecular formula is C29H50O24. The van der Waals surface area contributed by atoms with Gasteiger partial charge in [-0.05, 0) is 6.92 Å². The Morgan fingerprint density at radius 3 is 1.55 bits per heavy atom. The first-order chi connectivity index (χ1) is 25.0. The van der Waals surface area contributed by atoms with Crippen LogP contribution in [0, 0.1) is 0 Å². The van der Waals surface area contributed by atoms with Gasteiger partial charge in [0.05, 0.1) is 32.5 Å². The summed E-state index contributed by atoms with van der Waals surface area (Å²) in [7, 11) is 0. The van der Waals surface area contributed by atoms with Gasteiger partial charge in [-0.3, -0.25) is 0 Å². The normalized spacial score (nSPS) is 54.1. The highest BCUT2D eigenvalue weighted by Crippen LogP contribution is 2.36. The van der Waals surface area contributed by atoms with Gasteiger partial charge in [0, 0.05) is 0 Å². The molecule has 5 aliphatic heterocycles. The van der Waals surface area contributed by atoms with Crippen LogP contribution in [0.1, 0.15) is 6.92 Å². The standard InChI is InChI=1S/C29H50O24/c1-6-11(33)15(37)20(42)27(46-6)50-10-5-45-26(19(41)13(10)35)53-24-23(52-28-21(43)16(38)12(34)7(2-30)48-28)14(36)8(3-31)49-29(24)51-22-9(4-32)47-25(44)18(40)17(22)39/h6-44H,2-5H2,1H3/t6-,7+,8+,9+,10+,11-,12+,13-,14+,15+,16-,17+,18+,19+,20+,21+,22-,23-,24+,25?,26-,27-,28-,29-/m0/s1. The van der Waals surface area contributed by atoms with Crippen LogP contribution in [0.2, 0.25) is 0 Å². The van der Waals surface area contributed by atoms with Crippen LogP contribution in [0.5, 0.6) is 0 Å². The molecule has 0 bridgehead atoms. The molecule has 24 nitrogen and oxygen atoms in total. The smallest absolute Gasteiger partial charge is 0.187 e. The van der Waals surface area contributed by atoms with E-state index in [4.69, 9.17) is 42.6 Å². The van der Waals surface area contributed by atoms with Crippen molar-refractivity contribution in [1.82, 2.24) is 0 Å². The monoisotopic (exact) mass is 782 g/mol. The molecule has 0 saturated carbocycles. The largest absolute Gasteiger partial charge is 0.394 e. The van der Waals surface area contributed by atoms with Crippen molar-refractivity contribution in [2.24, 2.45) is 0 Å². The maximum absolute atomic E-state index is 11.3. The summed E-state index contributed by atoms with van der Waals surface area (Å²) in [4.78, 5) is 0. The molecule has 5 aliphatic rings. The third-order valence-electron chi connectivity index (χ3n) is 9.91. The highest BCUT2D eigenvalue weighted by molar-refractivity contribution is 4.98. The van der Waals surface area contributed by atoms with Crippen molar-refractivity contribution in [3.8, 4) is 0 Å². The Hall–Kier alpha value is -0.960. The van der Waals surface area contributed by atoms with Crippen molar-refractivity contribution in [1.29, 1.82) is 0 Å². The summed E-state index contributed by atoms with van der Waals surface area (Å²) in [6.45, 7) is -1.93. The van der Waals surface area contributed by atoms with Gasteiger partial charge in [-0.15, -0.1) is 0 Å².